The van der Waals surface area contributed by atoms with Crippen molar-refractivity contribution in [2.45, 2.75) is 31.0 Å². The summed E-state index contributed by atoms with van der Waals surface area (Å²) in [4.78, 5) is 15.6. The Hall–Kier alpha value is -3.30. The van der Waals surface area contributed by atoms with Crippen molar-refractivity contribution in [3.8, 4) is 11.1 Å². The van der Waals surface area contributed by atoms with E-state index in [9.17, 15) is 8.78 Å². The average Bonchev–Trinajstić information content (AvgIpc) is 2.81. The predicted octanol–water partition coefficient (Wildman–Crippen LogP) is 5.14. The van der Waals surface area contributed by atoms with Crippen molar-refractivity contribution in [2.75, 3.05) is 23.7 Å². The molecule has 0 amide bonds. The number of hydrogen-bond donors (Lipinski definition) is 2. The molecule has 0 radical (unpaired) electrons. The Bertz CT molecular complexity index is 1300. The fraction of sp³-hybridized carbons (Fsp3) is 0.240. The lowest BCUT2D eigenvalue weighted by Crippen LogP contribution is -2.45. The molecule has 1 aliphatic heterocycles. The van der Waals surface area contributed by atoms with Gasteiger partial charge in [-0.3, -0.25) is 4.98 Å². The number of hydrogen-bond acceptors (Lipinski definition) is 7. The molecule has 4 aromatic rings. The van der Waals surface area contributed by atoms with Gasteiger partial charge >= 0.3 is 0 Å². The molecule has 2 aromatic heterocycles. The molecule has 34 heavy (non-hydrogen) atoms. The fourth-order valence-electron chi connectivity index (χ4n) is 3.92. The minimum absolute atomic E-state index is 0.163. The number of rotatable bonds is 2. The maximum absolute atomic E-state index is 12.3. The highest BCUT2D eigenvalue weighted by Crippen LogP contribution is 2.30. The number of nitrogens with zero attached hydrogens (tertiary/aromatic N) is 4. The standard InChI is InChI=1S/C19H21N5O.C6H4F2S/c1-12-9-24(10-13(2)25-12)19-17-6-14(3-4-18(17)22-11-23-19)15-5-16(20)8-21-7-15;7-4-1-2-6(9)5(8)3-4/h3-8,11-13H,9-10,20H2,1-2H3;1-3,9H. The third kappa shape index (κ3) is 5.60. The zero-order valence-electron chi connectivity index (χ0n) is 18.8. The number of anilines is 2. The van der Waals surface area contributed by atoms with Crippen LogP contribution in [0, 0.1) is 11.6 Å². The van der Waals surface area contributed by atoms with Crippen LogP contribution < -0.4 is 10.6 Å². The summed E-state index contributed by atoms with van der Waals surface area (Å²) in [7, 11) is 0. The first-order valence-corrected chi connectivity index (χ1v) is 11.2. The smallest absolute Gasteiger partial charge is 0.140 e. The molecule has 3 heterocycles. The minimum atomic E-state index is -0.627. The van der Waals surface area contributed by atoms with Crippen LogP contribution in [0.3, 0.4) is 0 Å². The molecule has 2 unspecified atom stereocenters. The Morgan fingerprint density at radius 3 is 2.41 bits per heavy atom. The fourth-order valence-corrected chi connectivity index (χ4v) is 4.06. The van der Waals surface area contributed by atoms with Gasteiger partial charge in [-0.2, -0.15) is 0 Å². The average molecular weight is 482 g/mol. The second-order valence-electron chi connectivity index (χ2n) is 8.19. The number of pyridine rings is 1. The first-order chi connectivity index (χ1) is 16.3. The Morgan fingerprint density at radius 1 is 0.971 bits per heavy atom. The molecule has 6 nitrogen and oxygen atoms in total. The van der Waals surface area contributed by atoms with E-state index in [2.05, 4.69) is 52.4 Å². The molecule has 9 heteroatoms. The summed E-state index contributed by atoms with van der Waals surface area (Å²) in [6.07, 6.45) is 5.45. The largest absolute Gasteiger partial charge is 0.397 e. The van der Waals surface area contributed by atoms with Crippen LogP contribution >= 0.6 is 12.6 Å². The first kappa shape index (κ1) is 23.8. The van der Waals surface area contributed by atoms with Crippen molar-refractivity contribution < 1.29 is 13.5 Å². The van der Waals surface area contributed by atoms with Gasteiger partial charge in [0.15, 0.2) is 0 Å². The first-order valence-electron chi connectivity index (χ1n) is 10.8. The van der Waals surface area contributed by atoms with Crippen molar-refractivity contribution in [1.82, 2.24) is 15.0 Å². The van der Waals surface area contributed by atoms with Crippen LogP contribution in [0.1, 0.15) is 13.8 Å². The van der Waals surface area contributed by atoms with E-state index in [1.807, 2.05) is 24.4 Å². The molecule has 0 spiro atoms. The van der Waals surface area contributed by atoms with Crippen molar-refractivity contribution in [2.24, 2.45) is 0 Å². The molecule has 2 aromatic carbocycles. The number of ether oxygens (including phenoxy) is 1. The van der Waals surface area contributed by atoms with E-state index in [4.69, 9.17) is 10.5 Å². The van der Waals surface area contributed by atoms with Crippen LogP contribution in [0.5, 0.6) is 0 Å². The molecule has 1 fully saturated rings. The maximum atomic E-state index is 12.3. The molecule has 176 valence electrons. The monoisotopic (exact) mass is 481 g/mol. The number of benzene rings is 2. The summed E-state index contributed by atoms with van der Waals surface area (Å²) in [5.41, 5.74) is 9.50. The number of thiol groups is 1. The van der Waals surface area contributed by atoms with Gasteiger partial charge in [-0.1, -0.05) is 6.07 Å². The van der Waals surface area contributed by atoms with E-state index in [0.717, 1.165) is 53.1 Å². The second kappa shape index (κ2) is 10.3. The number of nitrogens with two attached hydrogens (primary N) is 1. The van der Waals surface area contributed by atoms with Gasteiger partial charge in [0.25, 0.3) is 0 Å². The highest BCUT2D eigenvalue weighted by molar-refractivity contribution is 7.80. The molecule has 0 bridgehead atoms. The van der Waals surface area contributed by atoms with Crippen LogP contribution in [0.25, 0.3) is 22.0 Å². The van der Waals surface area contributed by atoms with Crippen LogP contribution in [-0.2, 0) is 4.74 Å². The summed E-state index contributed by atoms with van der Waals surface area (Å²) >= 11 is 3.70. The Balaban J connectivity index is 0.000000257. The minimum Gasteiger partial charge on any atom is -0.397 e. The van der Waals surface area contributed by atoms with Crippen molar-refractivity contribution in [3.05, 3.63) is 72.8 Å². The van der Waals surface area contributed by atoms with E-state index >= 15 is 0 Å². The summed E-state index contributed by atoms with van der Waals surface area (Å²) in [5, 5.41) is 1.03. The van der Waals surface area contributed by atoms with Crippen LogP contribution in [0.15, 0.2) is 66.1 Å². The molecular weight excluding hydrogens is 456 g/mol. The molecule has 2 N–H and O–H groups in total. The molecule has 1 aliphatic rings. The van der Waals surface area contributed by atoms with Gasteiger partial charge in [0.05, 0.1) is 23.4 Å². The predicted molar refractivity (Wildman–Crippen MR) is 133 cm³/mol. The quantitative estimate of drug-likeness (QED) is 0.386. The molecule has 0 saturated carbocycles. The van der Waals surface area contributed by atoms with Gasteiger partial charge in [-0.05, 0) is 49.7 Å². The van der Waals surface area contributed by atoms with Crippen molar-refractivity contribution in [3.63, 3.8) is 0 Å². The molecule has 2 atom stereocenters. The van der Waals surface area contributed by atoms with Gasteiger partial charge in [-0.15, -0.1) is 12.6 Å². The lowest BCUT2D eigenvalue weighted by molar-refractivity contribution is -0.00537. The SMILES string of the molecule is CC1CN(c2ncnc3ccc(-c4cncc(N)c4)cc23)CC(C)O1.Fc1ccc(S)c(F)c1. The third-order valence-corrected chi connectivity index (χ3v) is 5.70. The van der Waals surface area contributed by atoms with Crippen molar-refractivity contribution >= 4 is 35.0 Å². The zero-order chi connectivity index (χ0) is 24.2. The summed E-state index contributed by atoms with van der Waals surface area (Å²) < 4.78 is 30.2. The van der Waals surface area contributed by atoms with E-state index < -0.39 is 11.6 Å². The van der Waals surface area contributed by atoms with Crippen molar-refractivity contribution in [1.29, 1.82) is 0 Å². The number of fused-ring (bicyclic) bond motifs is 1. The van der Waals surface area contributed by atoms with Gasteiger partial charge in [-0.25, -0.2) is 18.7 Å². The van der Waals surface area contributed by atoms with E-state index in [0.29, 0.717) is 5.69 Å². The highest BCUT2D eigenvalue weighted by atomic mass is 32.1. The van der Waals surface area contributed by atoms with E-state index in [-0.39, 0.29) is 17.1 Å². The zero-order valence-corrected chi connectivity index (χ0v) is 19.7. The third-order valence-electron chi connectivity index (χ3n) is 5.34. The highest BCUT2D eigenvalue weighted by Gasteiger charge is 2.24. The topological polar surface area (TPSA) is 77.2 Å². The summed E-state index contributed by atoms with van der Waals surface area (Å²) in [6, 6.07) is 11.3. The van der Waals surface area contributed by atoms with Gasteiger partial charge in [0, 0.05) is 47.4 Å². The van der Waals surface area contributed by atoms with Gasteiger partial charge < -0.3 is 15.4 Å². The molecule has 5 rings (SSSR count). The Morgan fingerprint density at radius 2 is 1.74 bits per heavy atom. The maximum Gasteiger partial charge on any atom is 0.140 e. The number of halogens is 2. The lowest BCUT2D eigenvalue weighted by atomic mass is 10.0. The van der Waals surface area contributed by atoms with E-state index in [1.165, 1.54) is 6.07 Å². The molecular formula is C25H25F2N5OS. The lowest BCUT2D eigenvalue weighted by Gasteiger charge is -2.36. The number of aromatic nitrogens is 3. The van der Waals surface area contributed by atoms with Crippen LogP contribution in [0.4, 0.5) is 20.3 Å². The van der Waals surface area contributed by atoms with E-state index in [1.54, 1.807) is 12.5 Å². The summed E-state index contributed by atoms with van der Waals surface area (Å²) in [6.45, 7) is 5.83. The Labute approximate surface area is 202 Å². The Kier molecular flexibility index (Phi) is 7.23. The second-order valence-corrected chi connectivity index (χ2v) is 8.68. The molecule has 0 aliphatic carbocycles. The molecule has 1 saturated heterocycles. The van der Waals surface area contributed by atoms with Gasteiger partial charge in [0.2, 0.25) is 0 Å². The number of morpholine rings is 1. The normalized spacial score (nSPS) is 17.9. The van der Waals surface area contributed by atoms with Crippen LogP contribution in [0.2, 0.25) is 0 Å². The summed E-state index contributed by atoms with van der Waals surface area (Å²) in [5.74, 6) is -0.255. The van der Waals surface area contributed by atoms with Crippen LogP contribution in [-0.4, -0.2) is 40.2 Å². The number of nitrogen functional groups attached to an aromatic ring is 1. The van der Waals surface area contributed by atoms with Gasteiger partial charge in [0.1, 0.15) is 23.8 Å².